The number of pyridine rings is 1. The van der Waals surface area contributed by atoms with E-state index in [1.54, 1.807) is 18.3 Å². The van der Waals surface area contributed by atoms with Gasteiger partial charge in [0.05, 0.1) is 19.8 Å². The van der Waals surface area contributed by atoms with E-state index in [1.807, 2.05) is 25.1 Å². The third kappa shape index (κ3) is 2.95. The standard InChI is InChI=1S/C16H18N2O4/c1-18(2)15-7-10(5-6-17-15)11-8-13(21-3)14(22-4)9-12(11)16(19)20/h5-9H,1-4H3,(H,19,20). The lowest BCUT2D eigenvalue weighted by Crippen LogP contribution is -2.10. The van der Waals surface area contributed by atoms with E-state index in [1.165, 1.54) is 20.3 Å². The van der Waals surface area contributed by atoms with Gasteiger partial charge in [-0.2, -0.15) is 0 Å². The Bertz CT molecular complexity index is 699. The van der Waals surface area contributed by atoms with Gasteiger partial charge in [0.25, 0.3) is 0 Å². The molecule has 0 aliphatic carbocycles. The Hall–Kier alpha value is -2.76. The summed E-state index contributed by atoms with van der Waals surface area (Å²) in [5, 5.41) is 9.47. The first kappa shape index (κ1) is 15.6. The Labute approximate surface area is 128 Å². The van der Waals surface area contributed by atoms with Crippen LogP contribution in [0.4, 0.5) is 5.82 Å². The number of rotatable bonds is 5. The van der Waals surface area contributed by atoms with Crippen molar-refractivity contribution < 1.29 is 19.4 Å². The molecule has 0 saturated heterocycles. The highest BCUT2D eigenvalue weighted by atomic mass is 16.5. The van der Waals surface area contributed by atoms with Crippen molar-refractivity contribution >= 4 is 11.8 Å². The van der Waals surface area contributed by atoms with Gasteiger partial charge in [-0.15, -0.1) is 0 Å². The summed E-state index contributed by atoms with van der Waals surface area (Å²) in [6.07, 6.45) is 1.65. The third-order valence-corrected chi connectivity index (χ3v) is 3.27. The van der Waals surface area contributed by atoms with Crippen molar-refractivity contribution in [1.29, 1.82) is 0 Å². The molecular formula is C16H18N2O4. The fraction of sp³-hybridized carbons (Fsp3) is 0.250. The van der Waals surface area contributed by atoms with Gasteiger partial charge in [0, 0.05) is 25.9 Å². The summed E-state index contributed by atoms with van der Waals surface area (Å²) in [7, 11) is 6.73. The van der Waals surface area contributed by atoms with Crippen LogP contribution in [0, 0.1) is 0 Å². The van der Waals surface area contributed by atoms with E-state index in [0.717, 1.165) is 11.4 Å². The van der Waals surface area contributed by atoms with Gasteiger partial charge in [-0.3, -0.25) is 0 Å². The molecular weight excluding hydrogens is 284 g/mol. The second-order valence-electron chi connectivity index (χ2n) is 4.86. The second kappa shape index (κ2) is 6.34. The number of ether oxygens (including phenoxy) is 2. The van der Waals surface area contributed by atoms with Crippen LogP contribution in [-0.2, 0) is 0 Å². The largest absolute Gasteiger partial charge is 0.493 e. The molecule has 2 rings (SSSR count). The van der Waals surface area contributed by atoms with Crippen molar-refractivity contribution in [2.24, 2.45) is 0 Å². The Morgan fingerprint density at radius 3 is 2.32 bits per heavy atom. The lowest BCUT2D eigenvalue weighted by molar-refractivity contribution is 0.0697. The quantitative estimate of drug-likeness (QED) is 0.915. The maximum atomic E-state index is 11.6. The van der Waals surface area contributed by atoms with Crippen molar-refractivity contribution in [3.05, 3.63) is 36.0 Å². The van der Waals surface area contributed by atoms with Crippen molar-refractivity contribution in [2.45, 2.75) is 0 Å². The minimum atomic E-state index is -1.03. The lowest BCUT2D eigenvalue weighted by Gasteiger charge is -2.15. The normalized spacial score (nSPS) is 10.2. The molecule has 1 N–H and O–H groups in total. The first-order chi connectivity index (χ1) is 10.5. The van der Waals surface area contributed by atoms with Crippen molar-refractivity contribution in [1.82, 2.24) is 4.98 Å². The molecule has 0 radical (unpaired) electrons. The van der Waals surface area contributed by atoms with E-state index in [2.05, 4.69) is 4.98 Å². The lowest BCUT2D eigenvalue weighted by atomic mass is 9.99. The number of carbonyl (C=O) groups is 1. The molecule has 6 heteroatoms. The van der Waals surface area contributed by atoms with Gasteiger partial charge in [-0.1, -0.05) is 0 Å². The number of benzene rings is 1. The Morgan fingerprint density at radius 2 is 1.77 bits per heavy atom. The number of anilines is 1. The first-order valence-electron chi connectivity index (χ1n) is 6.61. The predicted octanol–water partition coefficient (Wildman–Crippen LogP) is 2.53. The molecule has 0 fully saturated rings. The van der Waals surface area contributed by atoms with Crippen LogP contribution < -0.4 is 14.4 Å². The van der Waals surface area contributed by atoms with Crippen molar-refractivity contribution in [3.8, 4) is 22.6 Å². The molecule has 1 heterocycles. The topological polar surface area (TPSA) is 71.9 Å². The number of methoxy groups -OCH3 is 2. The monoisotopic (exact) mass is 302 g/mol. The van der Waals surface area contributed by atoms with Crippen LogP contribution in [0.3, 0.4) is 0 Å². The van der Waals surface area contributed by atoms with Gasteiger partial charge in [0.1, 0.15) is 5.82 Å². The third-order valence-electron chi connectivity index (χ3n) is 3.27. The molecule has 0 saturated carbocycles. The summed E-state index contributed by atoms with van der Waals surface area (Å²) in [6, 6.07) is 6.72. The van der Waals surface area contributed by atoms with Gasteiger partial charge in [0.2, 0.25) is 0 Å². The number of nitrogens with zero attached hydrogens (tertiary/aromatic N) is 2. The maximum Gasteiger partial charge on any atom is 0.336 e. The number of hydrogen-bond acceptors (Lipinski definition) is 5. The van der Waals surface area contributed by atoms with Gasteiger partial charge in [-0.05, 0) is 29.8 Å². The van der Waals surface area contributed by atoms with Crippen LogP contribution in [0.1, 0.15) is 10.4 Å². The van der Waals surface area contributed by atoms with Gasteiger partial charge >= 0.3 is 5.97 Å². The van der Waals surface area contributed by atoms with Crippen LogP contribution in [-0.4, -0.2) is 44.4 Å². The zero-order valence-electron chi connectivity index (χ0n) is 13.0. The summed E-state index contributed by atoms with van der Waals surface area (Å²) in [5.41, 5.74) is 1.45. The highest BCUT2D eigenvalue weighted by Crippen LogP contribution is 2.36. The summed E-state index contributed by atoms with van der Waals surface area (Å²) in [4.78, 5) is 17.6. The molecule has 1 aromatic heterocycles. The van der Waals surface area contributed by atoms with Gasteiger partial charge in [-0.25, -0.2) is 9.78 Å². The van der Waals surface area contributed by atoms with E-state index >= 15 is 0 Å². The zero-order valence-corrected chi connectivity index (χ0v) is 13.0. The highest BCUT2D eigenvalue weighted by molar-refractivity contribution is 5.97. The minimum absolute atomic E-state index is 0.147. The Balaban J connectivity index is 2.67. The molecule has 0 atom stereocenters. The van der Waals surface area contributed by atoms with Gasteiger partial charge < -0.3 is 19.5 Å². The Kier molecular flexibility index (Phi) is 4.50. The summed E-state index contributed by atoms with van der Waals surface area (Å²) in [6.45, 7) is 0. The SMILES string of the molecule is COc1cc(C(=O)O)c(-c2ccnc(N(C)C)c2)cc1OC. The van der Waals surface area contributed by atoms with Crippen molar-refractivity contribution in [3.63, 3.8) is 0 Å². The van der Waals surface area contributed by atoms with Crippen LogP contribution in [0.5, 0.6) is 11.5 Å². The highest BCUT2D eigenvalue weighted by Gasteiger charge is 2.18. The fourth-order valence-corrected chi connectivity index (χ4v) is 2.13. The molecule has 0 unspecified atom stereocenters. The molecule has 6 nitrogen and oxygen atoms in total. The van der Waals surface area contributed by atoms with E-state index in [-0.39, 0.29) is 5.56 Å². The van der Waals surface area contributed by atoms with E-state index in [4.69, 9.17) is 9.47 Å². The molecule has 1 aromatic carbocycles. The molecule has 0 bridgehead atoms. The van der Waals surface area contributed by atoms with Crippen LogP contribution in [0.2, 0.25) is 0 Å². The van der Waals surface area contributed by atoms with E-state index in [0.29, 0.717) is 17.1 Å². The van der Waals surface area contributed by atoms with Crippen LogP contribution in [0.15, 0.2) is 30.5 Å². The first-order valence-corrected chi connectivity index (χ1v) is 6.61. The molecule has 0 aliphatic rings. The second-order valence-corrected chi connectivity index (χ2v) is 4.86. The number of aromatic nitrogens is 1. The number of hydrogen-bond donors (Lipinski definition) is 1. The number of aromatic carboxylic acids is 1. The van der Waals surface area contributed by atoms with Crippen molar-refractivity contribution in [2.75, 3.05) is 33.2 Å². The van der Waals surface area contributed by atoms with Crippen LogP contribution >= 0.6 is 0 Å². The predicted molar refractivity (Wildman–Crippen MR) is 84.1 cm³/mol. The Morgan fingerprint density at radius 1 is 1.14 bits per heavy atom. The average molecular weight is 302 g/mol. The molecule has 22 heavy (non-hydrogen) atoms. The van der Waals surface area contributed by atoms with Crippen LogP contribution in [0.25, 0.3) is 11.1 Å². The molecule has 2 aromatic rings. The minimum Gasteiger partial charge on any atom is -0.493 e. The fourth-order valence-electron chi connectivity index (χ4n) is 2.13. The molecule has 116 valence electrons. The molecule has 0 spiro atoms. The van der Waals surface area contributed by atoms with Gasteiger partial charge in [0.15, 0.2) is 11.5 Å². The molecule has 0 amide bonds. The number of carboxylic acid groups (broad SMARTS) is 1. The summed E-state index contributed by atoms with van der Waals surface area (Å²) in [5.74, 6) is 0.569. The summed E-state index contributed by atoms with van der Waals surface area (Å²) >= 11 is 0. The number of carboxylic acids is 1. The average Bonchev–Trinajstić information content (AvgIpc) is 2.53. The van der Waals surface area contributed by atoms with E-state index in [9.17, 15) is 9.90 Å². The maximum absolute atomic E-state index is 11.6. The summed E-state index contributed by atoms with van der Waals surface area (Å²) < 4.78 is 10.4. The van der Waals surface area contributed by atoms with E-state index < -0.39 is 5.97 Å². The zero-order chi connectivity index (χ0) is 16.3. The smallest absolute Gasteiger partial charge is 0.336 e. The molecule has 0 aliphatic heterocycles.